The smallest absolute Gasteiger partial charge is 0.416 e. The zero-order chi connectivity index (χ0) is 14.6. The Hall–Kier alpha value is -1.98. The number of carboxylic acid groups (broad SMARTS) is 1. The van der Waals surface area contributed by atoms with Crippen LogP contribution >= 0.6 is 0 Å². The molecule has 0 unspecified atom stereocenters. The molecule has 104 valence electrons. The van der Waals surface area contributed by atoms with Crippen molar-refractivity contribution in [2.45, 2.75) is 26.1 Å². The average molecular weight is 273 g/mol. The molecular weight excluding hydrogens is 259 g/mol. The monoisotopic (exact) mass is 273 g/mol. The fourth-order valence-corrected chi connectivity index (χ4v) is 1.48. The van der Waals surface area contributed by atoms with Gasteiger partial charge in [-0.15, -0.1) is 0 Å². The molecule has 1 aromatic carbocycles. The summed E-state index contributed by atoms with van der Waals surface area (Å²) < 4.78 is 37.8. The number of alkyl halides is 3. The summed E-state index contributed by atoms with van der Waals surface area (Å²) in [5.41, 5.74) is -0.130. The fourth-order valence-electron chi connectivity index (χ4n) is 1.48. The first kappa shape index (κ1) is 15.1. The normalized spacial score (nSPS) is 12.1. The van der Waals surface area contributed by atoms with Crippen LogP contribution < -0.4 is 5.32 Å². The predicted molar refractivity (Wildman–Crippen MR) is 66.9 cm³/mol. The van der Waals surface area contributed by atoms with Crippen molar-refractivity contribution in [3.63, 3.8) is 0 Å². The van der Waals surface area contributed by atoms with Gasteiger partial charge in [-0.05, 0) is 37.6 Å². The Balaban J connectivity index is 3.20. The summed E-state index contributed by atoms with van der Waals surface area (Å²) in [5, 5.41) is 11.4. The molecule has 1 rings (SSSR count). The number of rotatable bonds is 4. The lowest BCUT2D eigenvalue weighted by Gasteiger charge is -2.15. The van der Waals surface area contributed by atoms with E-state index in [1.807, 2.05) is 0 Å². The number of aliphatic carboxylic acids is 1. The first-order valence-corrected chi connectivity index (χ1v) is 5.59. The minimum atomic E-state index is -4.43. The molecule has 0 atom stereocenters. The van der Waals surface area contributed by atoms with Crippen LogP contribution in [-0.2, 0) is 11.0 Å². The highest BCUT2D eigenvalue weighted by molar-refractivity contribution is 5.87. The summed E-state index contributed by atoms with van der Waals surface area (Å²) in [5.74, 6) is -1.16. The molecule has 0 amide bonds. The molecule has 2 N–H and O–H groups in total. The Bertz CT molecular complexity index is 493. The van der Waals surface area contributed by atoms with Gasteiger partial charge >= 0.3 is 12.1 Å². The van der Waals surface area contributed by atoms with E-state index in [-0.39, 0.29) is 11.7 Å². The summed E-state index contributed by atoms with van der Waals surface area (Å²) in [6.45, 7) is 3.57. The quantitative estimate of drug-likeness (QED) is 0.824. The van der Waals surface area contributed by atoms with Crippen LogP contribution in [0.1, 0.15) is 25.0 Å². The molecule has 1 aromatic rings. The van der Waals surface area contributed by atoms with Crippen molar-refractivity contribution in [2.24, 2.45) is 0 Å². The second-order valence-electron chi connectivity index (χ2n) is 4.27. The maximum Gasteiger partial charge on any atom is 0.416 e. The van der Waals surface area contributed by atoms with Gasteiger partial charge in [0.05, 0.1) is 5.56 Å². The Morgan fingerprint density at radius 2 is 2.00 bits per heavy atom. The maximum atomic E-state index is 12.6. The second kappa shape index (κ2) is 5.77. The Morgan fingerprint density at radius 3 is 2.47 bits per heavy atom. The highest BCUT2D eigenvalue weighted by Crippen LogP contribution is 2.32. The highest BCUT2D eigenvalue weighted by Gasteiger charge is 2.30. The van der Waals surface area contributed by atoms with E-state index in [1.165, 1.54) is 12.1 Å². The largest absolute Gasteiger partial charge is 0.478 e. The molecule has 0 bridgehead atoms. The van der Waals surface area contributed by atoms with Crippen LogP contribution in [0.3, 0.4) is 0 Å². The Morgan fingerprint density at radius 1 is 1.37 bits per heavy atom. The molecule has 0 saturated heterocycles. The van der Waals surface area contributed by atoms with Gasteiger partial charge in [-0.1, -0.05) is 6.07 Å². The average Bonchev–Trinajstić information content (AvgIpc) is 2.25. The highest BCUT2D eigenvalue weighted by atomic mass is 19.4. The number of hydrogen-bond acceptors (Lipinski definition) is 2. The minimum absolute atomic E-state index is 0.0690. The molecule has 0 spiro atoms. The van der Waals surface area contributed by atoms with E-state index >= 15 is 0 Å². The summed E-state index contributed by atoms with van der Waals surface area (Å²) in [4.78, 5) is 10.4. The number of nitrogens with one attached hydrogen (secondary N) is 1. The van der Waals surface area contributed by atoms with Gasteiger partial charge in [0.15, 0.2) is 0 Å². The lowest BCUT2D eigenvalue weighted by Crippen LogP contribution is -2.13. The van der Waals surface area contributed by atoms with Gasteiger partial charge in [-0.25, -0.2) is 4.79 Å². The summed E-state index contributed by atoms with van der Waals surface area (Å²) >= 11 is 0. The summed E-state index contributed by atoms with van der Waals surface area (Å²) in [6.07, 6.45) is -2.29. The van der Waals surface area contributed by atoms with Gasteiger partial charge in [-0.2, -0.15) is 13.2 Å². The standard InChI is InChI=1S/C13H14F3NO2/c1-8(2)17-11-7-10(13(14,15)16)5-3-9(11)4-6-12(18)19/h3-8,17H,1-2H3,(H,18,19). The molecule has 0 heterocycles. The number of halogens is 3. The van der Waals surface area contributed by atoms with E-state index in [4.69, 9.17) is 5.11 Å². The number of hydrogen-bond donors (Lipinski definition) is 2. The summed E-state index contributed by atoms with van der Waals surface area (Å²) in [6, 6.07) is 3.07. The Kier molecular flexibility index (Phi) is 4.58. The molecule has 0 aromatic heterocycles. The third-order valence-corrected chi connectivity index (χ3v) is 2.23. The molecule has 0 fully saturated rings. The predicted octanol–water partition coefficient (Wildman–Crippen LogP) is 3.62. The van der Waals surface area contributed by atoms with Crippen LogP contribution in [0.15, 0.2) is 24.3 Å². The maximum absolute atomic E-state index is 12.6. The van der Waals surface area contributed by atoms with Crippen LogP contribution in [0.5, 0.6) is 0 Å². The third-order valence-electron chi connectivity index (χ3n) is 2.23. The molecular formula is C13H14F3NO2. The van der Waals surface area contributed by atoms with Crippen molar-refractivity contribution < 1.29 is 23.1 Å². The van der Waals surface area contributed by atoms with Crippen molar-refractivity contribution in [1.82, 2.24) is 0 Å². The molecule has 6 heteroatoms. The van der Waals surface area contributed by atoms with E-state index in [0.717, 1.165) is 18.2 Å². The van der Waals surface area contributed by atoms with Crippen molar-refractivity contribution in [1.29, 1.82) is 0 Å². The second-order valence-corrected chi connectivity index (χ2v) is 4.27. The third kappa shape index (κ3) is 4.65. The van der Waals surface area contributed by atoms with Crippen molar-refractivity contribution >= 4 is 17.7 Å². The molecule has 3 nitrogen and oxygen atoms in total. The number of benzene rings is 1. The SMILES string of the molecule is CC(C)Nc1cc(C(F)(F)F)ccc1C=CC(=O)O. The zero-order valence-electron chi connectivity index (χ0n) is 10.5. The van der Waals surface area contributed by atoms with E-state index < -0.39 is 17.7 Å². The van der Waals surface area contributed by atoms with Crippen LogP contribution in [0.4, 0.5) is 18.9 Å². The molecule has 0 aliphatic rings. The van der Waals surface area contributed by atoms with Crippen LogP contribution in [0, 0.1) is 0 Å². The Labute approximate surface area is 108 Å². The van der Waals surface area contributed by atoms with Gasteiger partial charge in [0.25, 0.3) is 0 Å². The molecule has 0 aliphatic heterocycles. The fraction of sp³-hybridized carbons (Fsp3) is 0.308. The number of anilines is 1. The number of carboxylic acids is 1. The van der Waals surface area contributed by atoms with Gasteiger partial charge < -0.3 is 10.4 Å². The first-order valence-electron chi connectivity index (χ1n) is 5.59. The first-order chi connectivity index (χ1) is 8.70. The van der Waals surface area contributed by atoms with E-state index in [9.17, 15) is 18.0 Å². The van der Waals surface area contributed by atoms with Gasteiger partial charge in [0.2, 0.25) is 0 Å². The lowest BCUT2D eigenvalue weighted by molar-refractivity contribution is -0.137. The van der Waals surface area contributed by atoms with E-state index in [0.29, 0.717) is 5.56 Å². The molecule has 19 heavy (non-hydrogen) atoms. The topological polar surface area (TPSA) is 49.3 Å². The minimum Gasteiger partial charge on any atom is -0.478 e. The van der Waals surface area contributed by atoms with Gasteiger partial charge in [0, 0.05) is 17.8 Å². The van der Waals surface area contributed by atoms with E-state index in [2.05, 4.69) is 5.32 Å². The van der Waals surface area contributed by atoms with Crippen molar-refractivity contribution in [2.75, 3.05) is 5.32 Å². The van der Waals surface area contributed by atoms with Crippen LogP contribution in [0.2, 0.25) is 0 Å². The van der Waals surface area contributed by atoms with Crippen LogP contribution in [0.25, 0.3) is 6.08 Å². The zero-order valence-corrected chi connectivity index (χ0v) is 10.5. The molecule has 0 saturated carbocycles. The van der Waals surface area contributed by atoms with Crippen LogP contribution in [-0.4, -0.2) is 17.1 Å². The molecule has 0 radical (unpaired) electrons. The van der Waals surface area contributed by atoms with Gasteiger partial charge in [-0.3, -0.25) is 0 Å². The van der Waals surface area contributed by atoms with E-state index in [1.54, 1.807) is 13.8 Å². The lowest BCUT2D eigenvalue weighted by atomic mass is 10.1. The summed E-state index contributed by atoms with van der Waals surface area (Å²) in [7, 11) is 0. The van der Waals surface area contributed by atoms with Crippen molar-refractivity contribution in [3.05, 3.63) is 35.4 Å². The van der Waals surface area contributed by atoms with Crippen molar-refractivity contribution in [3.8, 4) is 0 Å². The molecule has 0 aliphatic carbocycles. The number of carbonyl (C=O) groups is 1. The van der Waals surface area contributed by atoms with Gasteiger partial charge in [0.1, 0.15) is 0 Å².